The van der Waals surface area contributed by atoms with E-state index in [4.69, 9.17) is 9.15 Å². The van der Waals surface area contributed by atoms with E-state index in [2.05, 4.69) is 10.6 Å². The summed E-state index contributed by atoms with van der Waals surface area (Å²) in [6.45, 7) is 2.22. The van der Waals surface area contributed by atoms with Gasteiger partial charge in [-0.3, -0.25) is 9.59 Å². The van der Waals surface area contributed by atoms with Crippen LogP contribution in [0.3, 0.4) is 0 Å². The van der Waals surface area contributed by atoms with Crippen LogP contribution in [0.15, 0.2) is 71.3 Å². The van der Waals surface area contributed by atoms with Crippen molar-refractivity contribution in [2.24, 2.45) is 0 Å². The molecule has 0 spiro atoms. The van der Waals surface area contributed by atoms with E-state index >= 15 is 0 Å². The zero-order valence-corrected chi connectivity index (χ0v) is 14.9. The Hall–Kier alpha value is -3.54. The molecule has 2 N–H and O–H groups in total. The van der Waals surface area contributed by atoms with E-state index in [-0.39, 0.29) is 30.5 Å². The first-order chi connectivity index (χ1) is 13.1. The van der Waals surface area contributed by atoms with E-state index in [0.717, 1.165) is 11.3 Å². The molecule has 0 fully saturated rings. The number of rotatable bonds is 7. The third kappa shape index (κ3) is 5.47. The molecule has 27 heavy (non-hydrogen) atoms. The SMILES string of the molecule is Cc1cccc(Oc2ccc(NC(=O)CCNC(=O)c3ccco3)cc2)c1. The summed E-state index contributed by atoms with van der Waals surface area (Å²) >= 11 is 0. The fourth-order valence-corrected chi connectivity index (χ4v) is 2.43. The van der Waals surface area contributed by atoms with Gasteiger partial charge >= 0.3 is 0 Å². The molecule has 138 valence electrons. The highest BCUT2D eigenvalue weighted by Crippen LogP contribution is 2.23. The Morgan fingerprint density at radius 2 is 1.81 bits per heavy atom. The summed E-state index contributed by atoms with van der Waals surface area (Å²) in [5.74, 6) is 1.13. The second-order valence-corrected chi connectivity index (χ2v) is 5.97. The van der Waals surface area contributed by atoms with Gasteiger partial charge in [0.05, 0.1) is 6.26 Å². The van der Waals surface area contributed by atoms with Gasteiger partial charge in [-0.05, 0) is 61.0 Å². The molecule has 1 heterocycles. The molecule has 3 aromatic rings. The summed E-state index contributed by atoms with van der Waals surface area (Å²) in [4.78, 5) is 23.7. The molecular formula is C21H20N2O4. The molecule has 0 atom stereocenters. The quantitative estimate of drug-likeness (QED) is 0.660. The van der Waals surface area contributed by atoms with Crippen LogP contribution in [0.4, 0.5) is 5.69 Å². The number of anilines is 1. The van der Waals surface area contributed by atoms with Gasteiger partial charge in [0.15, 0.2) is 5.76 Å². The molecule has 0 aliphatic heterocycles. The van der Waals surface area contributed by atoms with Crippen molar-refractivity contribution in [2.45, 2.75) is 13.3 Å². The van der Waals surface area contributed by atoms with E-state index in [1.807, 2.05) is 31.2 Å². The molecule has 0 radical (unpaired) electrons. The highest BCUT2D eigenvalue weighted by Gasteiger charge is 2.09. The van der Waals surface area contributed by atoms with Crippen molar-refractivity contribution in [1.82, 2.24) is 5.32 Å². The molecule has 0 aliphatic carbocycles. The third-order valence-corrected chi connectivity index (χ3v) is 3.75. The minimum absolute atomic E-state index is 0.161. The van der Waals surface area contributed by atoms with Crippen LogP contribution in [0.5, 0.6) is 11.5 Å². The lowest BCUT2D eigenvalue weighted by Crippen LogP contribution is -2.27. The van der Waals surface area contributed by atoms with E-state index in [1.165, 1.54) is 6.26 Å². The summed E-state index contributed by atoms with van der Waals surface area (Å²) in [5.41, 5.74) is 1.78. The lowest BCUT2D eigenvalue weighted by atomic mass is 10.2. The van der Waals surface area contributed by atoms with Gasteiger partial charge in [-0.25, -0.2) is 0 Å². The number of furan rings is 1. The first-order valence-corrected chi connectivity index (χ1v) is 8.56. The molecule has 1 aromatic heterocycles. The van der Waals surface area contributed by atoms with Crippen LogP contribution >= 0.6 is 0 Å². The zero-order chi connectivity index (χ0) is 19.1. The van der Waals surface area contributed by atoms with E-state index < -0.39 is 0 Å². The fraction of sp³-hybridized carbons (Fsp3) is 0.143. The van der Waals surface area contributed by atoms with Gasteiger partial charge < -0.3 is 19.8 Å². The van der Waals surface area contributed by atoms with E-state index in [9.17, 15) is 9.59 Å². The lowest BCUT2D eigenvalue weighted by Gasteiger charge is -2.09. The maximum Gasteiger partial charge on any atom is 0.286 e. The Labute approximate surface area is 157 Å². The largest absolute Gasteiger partial charge is 0.459 e. The third-order valence-electron chi connectivity index (χ3n) is 3.75. The second-order valence-electron chi connectivity index (χ2n) is 5.97. The van der Waals surface area contributed by atoms with Crippen LogP contribution in [-0.2, 0) is 4.79 Å². The molecule has 6 nitrogen and oxygen atoms in total. The average molecular weight is 364 g/mol. The number of nitrogens with one attached hydrogen (secondary N) is 2. The fourth-order valence-electron chi connectivity index (χ4n) is 2.43. The van der Waals surface area contributed by atoms with Gasteiger partial charge in [-0.15, -0.1) is 0 Å². The Morgan fingerprint density at radius 3 is 2.52 bits per heavy atom. The van der Waals surface area contributed by atoms with Gasteiger partial charge in [0.2, 0.25) is 5.91 Å². The Kier molecular flexibility index (Phi) is 5.89. The lowest BCUT2D eigenvalue weighted by molar-refractivity contribution is -0.116. The number of carbonyl (C=O) groups is 2. The molecule has 6 heteroatoms. The number of hydrogen-bond donors (Lipinski definition) is 2. The minimum atomic E-state index is -0.342. The summed E-state index contributed by atoms with van der Waals surface area (Å²) in [6.07, 6.45) is 1.59. The van der Waals surface area contributed by atoms with Gasteiger partial charge in [0, 0.05) is 18.7 Å². The molecule has 0 saturated heterocycles. The molecule has 0 aliphatic rings. The molecule has 2 aromatic carbocycles. The maximum atomic E-state index is 12.0. The van der Waals surface area contributed by atoms with Crippen molar-refractivity contribution < 1.29 is 18.7 Å². The first-order valence-electron chi connectivity index (χ1n) is 8.56. The number of benzene rings is 2. The number of ether oxygens (including phenoxy) is 1. The van der Waals surface area contributed by atoms with Gasteiger partial charge in [0.1, 0.15) is 11.5 Å². The topological polar surface area (TPSA) is 80.6 Å². The van der Waals surface area contributed by atoms with Crippen molar-refractivity contribution in [3.05, 3.63) is 78.3 Å². The average Bonchev–Trinajstić information content (AvgIpc) is 3.18. The highest BCUT2D eigenvalue weighted by atomic mass is 16.5. The summed E-state index contributed by atoms with van der Waals surface area (Å²) in [6, 6.07) is 18.1. The monoisotopic (exact) mass is 364 g/mol. The predicted octanol–water partition coefficient (Wildman–Crippen LogP) is 4.14. The van der Waals surface area contributed by atoms with Crippen molar-refractivity contribution >= 4 is 17.5 Å². The molecule has 0 saturated carbocycles. The first kappa shape index (κ1) is 18.3. The number of aryl methyl sites for hydroxylation is 1. The van der Waals surface area contributed by atoms with Gasteiger partial charge in [-0.2, -0.15) is 0 Å². The predicted molar refractivity (Wildman–Crippen MR) is 102 cm³/mol. The molecular weight excluding hydrogens is 344 g/mol. The summed E-state index contributed by atoms with van der Waals surface area (Å²) in [5, 5.41) is 5.41. The van der Waals surface area contributed by atoms with Gasteiger partial charge in [0.25, 0.3) is 5.91 Å². The van der Waals surface area contributed by atoms with Crippen LogP contribution < -0.4 is 15.4 Å². The van der Waals surface area contributed by atoms with Crippen LogP contribution in [-0.4, -0.2) is 18.4 Å². The normalized spacial score (nSPS) is 10.3. The Bertz CT molecular complexity index is 902. The summed E-state index contributed by atoms with van der Waals surface area (Å²) in [7, 11) is 0. The highest BCUT2D eigenvalue weighted by molar-refractivity contribution is 5.93. The van der Waals surface area contributed by atoms with Crippen molar-refractivity contribution in [3.63, 3.8) is 0 Å². The Balaban J connectivity index is 1.45. The van der Waals surface area contributed by atoms with Crippen LogP contribution in [0.2, 0.25) is 0 Å². The zero-order valence-electron chi connectivity index (χ0n) is 14.9. The van der Waals surface area contributed by atoms with Gasteiger partial charge in [-0.1, -0.05) is 12.1 Å². The van der Waals surface area contributed by atoms with Crippen molar-refractivity contribution in [1.29, 1.82) is 0 Å². The number of hydrogen-bond acceptors (Lipinski definition) is 4. The molecule has 0 unspecified atom stereocenters. The Morgan fingerprint density at radius 1 is 1.00 bits per heavy atom. The maximum absolute atomic E-state index is 12.0. The summed E-state index contributed by atoms with van der Waals surface area (Å²) < 4.78 is 10.8. The second kappa shape index (κ2) is 8.71. The van der Waals surface area contributed by atoms with Crippen LogP contribution in [0.1, 0.15) is 22.5 Å². The number of carbonyl (C=O) groups excluding carboxylic acids is 2. The van der Waals surface area contributed by atoms with Crippen molar-refractivity contribution in [2.75, 3.05) is 11.9 Å². The van der Waals surface area contributed by atoms with Crippen LogP contribution in [0, 0.1) is 6.92 Å². The smallest absolute Gasteiger partial charge is 0.286 e. The van der Waals surface area contributed by atoms with E-state index in [1.54, 1.807) is 36.4 Å². The molecule has 0 bridgehead atoms. The van der Waals surface area contributed by atoms with Crippen molar-refractivity contribution in [3.8, 4) is 11.5 Å². The molecule has 2 amide bonds. The standard InChI is InChI=1S/C21H20N2O4/c1-15-4-2-5-18(14-15)27-17-9-7-16(8-10-17)23-20(24)11-12-22-21(25)19-6-3-13-26-19/h2-10,13-14H,11-12H2,1H3,(H,22,25)(H,23,24). The minimum Gasteiger partial charge on any atom is -0.459 e. The van der Waals surface area contributed by atoms with Crippen LogP contribution in [0.25, 0.3) is 0 Å². The van der Waals surface area contributed by atoms with E-state index in [0.29, 0.717) is 11.4 Å². The molecule has 3 rings (SSSR count). The number of amides is 2.